The molecule has 0 saturated carbocycles. The Morgan fingerprint density at radius 3 is 2.48 bits per heavy atom. The molecule has 2 aromatic rings. The van der Waals surface area contributed by atoms with Crippen LogP contribution in [-0.4, -0.2) is 50.1 Å². The average molecular weight is 371 g/mol. The Morgan fingerprint density at radius 2 is 1.81 bits per heavy atom. The minimum Gasteiger partial charge on any atom is -0.493 e. The maximum Gasteiger partial charge on any atom is 0.165 e. The van der Waals surface area contributed by atoms with Crippen molar-refractivity contribution in [2.24, 2.45) is 0 Å². The van der Waals surface area contributed by atoms with Crippen LogP contribution in [-0.2, 0) is 17.8 Å². The lowest BCUT2D eigenvalue weighted by atomic mass is 10.1. The molecule has 0 aromatic heterocycles. The largest absolute Gasteiger partial charge is 0.493 e. The molecule has 1 atom stereocenters. The molecule has 0 unspecified atom stereocenters. The van der Waals surface area contributed by atoms with Crippen LogP contribution in [0.2, 0.25) is 0 Å². The van der Waals surface area contributed by atoms with Crippen LogP contribution >= 0.6 is 0 Å². The summed E-state index contributed by atoms with van der Waals surface area (Å²) in [6.07, 6.45) is 1.08. The summed E-state index contributed by atoms with van der Waals surface area (Å²) < 4.78 is 16.3. The number of hydrogen-bond acceptors (Lipinski definition) is 5. The summed E-state index contributed by atoms with van der Waals surface area (Å²) >= 11 is 0. The van der Waals surface area contributed by atoms with Gasteiger partial charge in [-0.1, -0.05) is 48.5 Å². The van der Waals surface area contributed by atoms with E-state index in [2.05, 4.69) is 23.6 Å². The predicted molar refractivity (Wildman–Crippen MR) is 107 cm³/mol. The molecule has 2 aromatic carbocycles. The number of para-hydroxylation sites is 1. The number of aliphatic hydroxyl groups excluding tert-OH is 1. The van der Waals surface area contributed by atoms with Gasteiger partial charge in [-0.15, -0.1) is 6.58 Å². The highest BCUT2D eigenvalue weighted by molar-refractivity contribution is 5.46. The van der Waals surface area contributed by atoms with E-state index in [1.54, 1.807) is 20.3 Å². The Balaban J connectivity index is 2.15. The van der Waals surface area contributed by atoms with Gasteiger partial charge in [-0.3, -0.25) is 4.90 Å². The number of nitrogens with zero attached hydrogens (tertiary/aromatic N) is 1. The van der Waals surface area contributed by atoms with Gasteiger partial charge in [0.2, 0.25) is 0 Å². The molecule has 27 heavy (non-hydrogen) atoms. The van der Waals surface area contributed by atoms with Crippen LogP contribution in [0, 0.1) is 0 Å². The van der Waals surface area contributed by atoms with E-state index in [1.807, 2.05) is 36.4 Å². The summed E-state index contributed by atoms with van der Waals surface area (Å²) in [5.41, 5.74) is 2.19. The second-order valence-corrected chi connectivity index (χ2v) is 6.29. The van der Waals surface area contributed by atoms with E-state index in [-0.39, 0.29) is 6.61 Å². The monoisotopic (exact) mass is 371 g/mol. The Morgan fingerprint density at radius 1 is 1.04 bits per heavy atom. The molecule has 5 nitrogen and oxygen atoms in total. The van der Waals surface area contributed by atoms with Crippen LogP contribution in [0.5, 0.6) is 11.5 Å². The van der Waals surface area contributed by atoms with E-state index in [1.165, 1.54) is 5.56 Å². The van der Waals surface area contributed by atoms with E-state index in [4.69, 9.17) is 14.2 Å². The van der Waals surface area contributed by atoms with Crippen molar-refractivity contribution in [2.75, 3.05) is 34.0 Å². The lowest BCUT2D eigenvalue weighted by molar-refractivity contribution is 0.0227. The SMILES string of the molecule is C=CCOC[C@@H](O)CN(Cc1ccccc1)Cc1cccc(OC)c1OC. The van der Waals surface area contributed by atoms with Crippen LogP contribution in [0.3, 0.4) is 0 Å². The molecule has 0 amide bonds. The van der Waals surface area contributed by atoms with Gasteiger partial charge in [0.15, 0.2) is 11.5 Å². The molecule has 2 rings (SSSR count). The van der Waals surface area contributed by atoms with Gasteiger partial charge in [-0.05, 0) is 11.6 Å². The normalized spacial score (nSPS) is 12.0. The summed E-state index contributed by atoms with van der Waals surface area (Å²) in [7, 11) is 3.27. The van der Waals surface area contributed by atoms with Gasteiger partial charge < -0.3 is 19.3 Å². The third kappa shape index (κ3) is 6.71. The van der Waals surface area contributed by atoms with Crippen LogP contribution < -0.4 is 9.47 Å². The predicted octanol–water partition coefficient (Wildman–Crippen LogP) is 3.27. The third-order valence-electron chi connectivity index (χ3n) is 4.14. The van der Waals surface area contributed by atoms with Crippen molar-refractivity contribution in [1.82, 2.24) is 4.90 Å². The van der Waals surface area contributed by atoms with Gasteiger partial charge in [0.05, 0.1) is 33.5 Å². The highest BCUT2D eigenvalue weighted by atomic mass is 16.5. The number of benzene rings is 2. The van der Waals surface area contributed by atoms with Crippen molar-refractivity contribution in [3.63, 3.8) is 0 Å². The van der Waals surface area contributed by atoms with Gasteiger partial charge in [-0.2, -0.15) is 0 Å². The summed E-state index contributed by atoms with van der Waals surface area (Å²) in [6, 6.07) is 16.0. The lowest BCUT2D eigenvalue weighted by Gasteiger charge is -2.26. The fraction of sp³-hybridized carbons (Fsp3) is 0.364. The average Bonchev–Trinajstić information content (AvgIpc) is 2.68. The molecule has 0 bridgehead atoms. The zero-order chi connectivity index (χ0) is 19.5. The number of aliphatic hydroxyl groups is 1. The van der Waals surface area contributed by atoms with Crippen LogP contribution in [0.4, 0.5) is 0 Å². The van der Waals surface area contributed by atoms with Gasteiger partial charge in [-0.25, -0.2) is 0 Å². The molecule has 0 aliphatic carbocycles. The quantitative estimate of drug-likeness (QED) is 0.458. The number of rotatable bonds is 12. The van der Waals surface area contributed by atoms with Crippen molar-refractivity contribution in [1.29, 1.82) is 0 Å². The number of methoxy groups -OCH3 is 2. The first-order valence-corrected chi connectivity index (χ1v) is 9.00. The maximum atomic E-state index is 10.4. The number of hydrogen-bond donors (Lipinski definition) is 1. The fourth-order valence-electron chi connectivity index (χ4n) is 2.98. The third-order valence-corrected chi connectivity index (χ3v) is 4.14. The number of ether oxygens (including phenoxy) is 3. The first-order chi connectivity index (χ1) is 13.2. The van der Waals surface area contributed by atoms with Crippen LogP contribution in [0.15, 0.2) is 61.2 Å². The summed E-state index contributed by atoms with van der Waals surface area (Å²) in [4.78, 5) is 2.18. The molecule has 5 heteroatoms. The van der Waals surface area contributed by atoms with E-state index in [9.17, 15) is 5.11 Å². The van der Waals surface area contributed by atoms with E-state index < -0.39 is 6.10 Å². The van der Waals surface area contributed by atoms with Gasteiger partial charge in [0.1, 0.15) is 0 Å². The molecule has 0 saturated heterocycles. The van der Waals surface area contributed by atoms with Crippen molar-refractivity contribution >= 4 is 0 Å². The molecule has 0 spiro atoms. The Labute approximate surface area is 161 Å². The van der Waals surface area contributed by atoms with E-state index >= 15 is 0 Å². The highest BCUT2D eigenvalue weighted by Gasteiger charge is 2.17. The van der Waals surface area contributed by atoms with Crippen LogP contribution in [0.1, 0.15) is 11.1 Å². The molecule has 0 aliphatic rings. The van der Waals surface area contributed by atoms with Gasteiger partial charge in [0.25, 0.3) is 0 Å². The second kappa shape index (κ2) is 11.4. The van der Waals surface area contributed by atoms with Crippen molar-refractivity contribution in [3.8, 4) is 11.5 Å². The molecular weight excluding hydrogens is 342 g/mol. The minimum atomic E-state index is -0.592. The molecule has 146 valence electrons. The zero-order valence-electron chi connectivity index (χ0n) is 16.1. The standard InChI is InChI=1S/C22H29NO4/c1-4-13-27-17-20(24)16-23(14-18-9-6-5-7-10-18)15-19-11-8-12-21(25-2)22(19)26-3/h4-12,20,24H,1,13-17H2,2-3H3/t20-/m0/s1. The molecule has 0 aliphatic heterocycles. The van der Waals surface area contributed by atoms with Crippen molar-refractivity contribution < 1.29 is 19.3 Å². The summed E-state index contributed by atoms with van der Waals surface area (Å²) in [5, 5.41) is 10.4. The van der Waals surface area contributed by atoms with Gasteiger partial charge in [0, 0.05) is 25.2 Å². The van der Waals surface area contributed by atoms with Crippen molar-refractivity contribution in [2.45, 2.75) is 19.2 Å². The topological polar surface area (TPSA) is 51.2 Å². The zero-order valence-corrected chi connectivity index (χ0v) is 16.1. The lowest BCUT2D eigenvalue weighted by Crippen LogP contribution is -2.34. The molecule has 0 heterocycles. The maximum absolute atomic E-state index is 10.4. The molecule has 1 N–H and O–H groups in total. The van der Waals surface area contributed by atoms with E-state index in [0.29, 0.717) is 32.0 Å². The summed E-state index contributed by atoms with van der Waals surface area (Å²) in [6.45, 7) is 6.13. The Kier molecular flexibility index (Phi) is 8.84. The smallest absolute Gasteiger partial charge is 0.165 e. The minimum absolute atomic E-state index is 0.270. The fourth-order valence-corrected chi connectivity index (χ4v) is 2.98. The van der Waals surface area contributed by atoms with Gasteiger partial charge >= 0.3 is 0 Å². The van der Waals surface area contributed by atoms with Crippen molar-refractivity contribution in [3.05, 3.63) is 72.3 Å². The molecular formula is C22H29NO4. The Hall–Kier alpha value is -2.34. The first kappa shape index (κ1) is 21.0. The molecule has 0 radical (unpaired) electrons. The summed E-state index contributed by atoms with van der Waals surface area (Å²) in [5.74, 6) is 1.42. The Bertz CT molecular complexity index is 690. The second-order valence-electron chi connectivity index (χ2n) is 6.29. The van der Waals surface area contributed by atoms with Crippen LogP contribution in [0.25, 0.3) is 0 Å². The highest BCUT2D eigenvalue weighted by Crippen LogP contribution is 2.31. The van der Waals surface area contributed by atoms with E-state index in [0.717, 1.165) is 11.3 Å². The molecule has 0 fully saturated rings. The first-order valence-electron chi connectivity index (χ1n) is 9.00.